The van der Waals surface area contributed by atoms with Gasteiger partial charge in [0.25, 0.3) is 0 Å². The van der Waals surface area contributed by atoms with Crippen LogP contribution in [0.25, 0.3) is 0 Å². The lowest BCUT2D eigenvalue weighted by Gasteiger charge is -2.32. The Labute approximate surface area is 196 Å². The van der Waals surface area contributed by atoms with Crippen LogP contribution in [-0.2, 0) is 16.0 Å². The number of carbonyl (C=O) groups is 2. The largest absolute Gasteiger partial charge is 0.454 e. The molecular weight excluding hydrogens is 438 g/mol. The highest BCUT2D eigenvalue weighted by molar-refractivity contribution is 7.10. The standard InChI is InChI=1S/C25H25N3O4S/c29-23(15-20-6-3-13-33-20)28(19-7-8-21-22(14-19)32-16-31-21)24(17-9-11-26-12-10-17)25(30)27-18-4-1-2-5-18/h3,6-14,18,24H,1-2,4-5,15-16H2,(H,27,30). The predicted octanol–water partition coefficient (Wildman–Crippen LogP) is 4.25. The number of carbonyl (C=O) groups excluding carboxylic acids is 2. The number of ether oxygens (including phenoxy) is 2. The smallest absolute Gasteiger partial charge is 0.248 e. The van der Waals surface area contributed by atoms with Crippen LogP contribution >= 0.6 is 11.3 Å². The van der Waals surface area contributed by atoms with Gasteiger partial charge in [-0.25, -0.2) is 0 Å². The molecule has 1 atom stereocenters. The van der Waals surface area contributed by atoms with Crippen LogP contribution in [0, 0.1) is 0 Å². The highest BCUT2D eigenvalue weighted by atomic mass is 32.1. The Morgan fingerprint density at radius 1 is 1.09 bits per heavy atom. The molecule has 0 spiro atoms. The fourth-order valence-corrected chi connectivity index (χ4v) is 5.13. The Kier molecular flexibility index (Phi) is 6.26. The van der Waals surface area contributed by atoms with E-state index in [1.807, 2.05) is 17.5 Å². The fourth-order valence-electron chi connectivity index (χ4n) is 4.43. The van der Waals surface area contributed by atoms with Crippen LogP contribution in [0.5, 0.6) is 11.5 Å². The molecule has 5 rings (SSSR count). The summed E-state index contributed by atoms with van der Waals surface area (Å²) in [6, 6.07) is 12.1. The van der Waals surface area contributed by atoms with Gasteiger partial charge in [-0.15, -0.1) is 11.3 Å². The molecule has 7 nitrogen and oxygen atoms in total. The Hall–Kier alpha value is -3.39. The Bertz CT molecular complexity index is 1110. The molecule has 0 saturated heterocycles. The summed E-state index contributed by atoms with van der Waals surface area (Å²) in [5.74, 6) is 0.830. The number of benzene rings is 1. The van der Waals surface area contributed by atoms with Gasteiger partial charge in [0.15, 0.2) is 11.5 Å². The van der Waals surface area contributed by atoms with Crippen molar-refractivity contribution in [3.63, 3.8) is 0 Å². The van der Waals surface area contributed by atoms with Crippen LogP contribution < -0.4 is 19.7 Å². The second-order valence-corrected chi connectivity index (χ2v) is 9.26. The van der Waals surface area contributed by atoms with Gasteiger partial charge < -0.3 is 14.8 Å². The molecule has 33 heavy (non-hydrogen) atoms. The van der Waals surface area contributed by atoms with Crippen LogP contribution in [0.2, 0.25) is 0 Å². The zero-order chi connectivity index (χ0) is 22.6. The SMILES string of the molecule is O=C(NC1CCCC1)C(c1ccncc1)N(C(=O)Cc1cccs1)c1ccc2c(c1)OCO2. The molecule has 1 aliphatic heterocycles. The summed E-state index contributed by atoms with van der Waals surface area (Å²) >= 11 is 1.52. The lowest BCUT2D eigenvalue weighted by atomic mass is 10.0. The van der Waals surface area contributed by atoms with E-state index in [9.17, 15) is 9.59 Å². The molecular formula is C25H25N3O4S. The second kappa shape index (κ2) is 9.62. The van der Waals surface area contributed by atoms with E-state index in [1.165, 1.54) is 11.3 Å². The van der Waals surface area contributed by atoms with E-state index in [1.54, 1.807) is 47.6 Å². The number of hydrogen-bond acceptors (Lipinski definition) is 6. The minimum absolute atomic E-state index is 0.132. The summed E-state index contributed by atoms with van der Waals surface area (Å²) in [6.45, 7) is 0.137. The molecule has 1 aliphatic carbocycles. The number of pyridine rings is 1. The van der Waals surface area contributed by atoms with E-state index >= 15 is 0 Å². The van der Waals surface area contributed by atoms with E-state index in [0.29, 0.717) is 22.7 Å². The van der Waals surface area contributed by atoms with E-state index in [2.05, 4.69) is 10.3 Å². The van der Waals surface area contributed by atoms with Crippen molar-refractivity contribution in [1.82, 2.24) is 10.3 Å². The van der Waals surface area contributed by atoms with Crippen molar-refractivity contribution in [1.29, 1.82) is 0 Å². The van der Waals surface area contributed by atoms with Crippen LogP contribution in [0.15, 0.2) is 60.2 Å². The Morgan fingerprint density at radius 2 is 1.88 bits per heavy atom. The number of nitrogens with one attached hydrogen (secondary N) is 1. The molecule has 2 amide bonds. The van der Waals surface area contributed by atoms with Crippen molar-refractivity contribution >= 4 is 28.8 Å². The van der Waals surface area contributed by atoms with Crippen molar-refractivity contribution in [2.24, 2.45) is 0 Å². The normalized spacial score (nSPS) is 15.9. The first-order chi connectivity index (χ1) is 16.2. The van der Waals surface area contributed by atoms with Crippen molar-refractivity contribution < 1.29 is 19.1 Å². The van der Waals surface area contributed by atoms with Crippen LogP contribution in [0.3, 0.4) is 0 Å². The number of thiophene rings is 1. The quantitative estimate of drug-likeness (QED) is 0.567. The topological polar surface area (TPSA) is 80.8 Å². The average Bonchev–Trinajstić information content (AvgIpc) is 3.60. The maximum atomic E-state index is 13.7. The van der Waals surface area contributed by atoms with Gasteiger partial charge in [0.05, 0.1) is 6.42 Å². The average molecular weight is 464 g/mol. The molecule has 0 bridgehead atoms. The molecule has 3 heterocycles. The third-order valence-electron chi connectivity index (χ3n) is 6.04. The number of anilines is 1. The van der Waals surface area contributed by atoms with Crippen molar-refractivity contribution in [2.45, 2.75) is 44.2 Å². The fraction of sp³-hybridized carbons (Fsp3) is 0.320. The summed E-state index contributed by atoms with van der Waals surface area (Å²) < 4.78 is 11.0. The number of aromatic nitrogens is 1. The van der Waals surface area contributed by atoms with Gasteiger partial charge in [0.2, 0.25) is 18.6 Å². The van der Waals surface area contributed by atoms with Gasteiger partial charge >= 0.3 is 0 Å². The molecule has 1 fully saturated rings. The molecule has 0 radical (unpaired) electrons. The molecule has 1 saturated carbocycles. The first-order valence-electron chi connectivity index (χ1n) is 11.1. The third kappa shape index (κ3) is 4.71. The van der Waals surface area contributed by atoms with Crippen LogP contribution in [0.1, 0.15) is 42.2 Å². The minimum atomic E-state index is -0.832. The number of fused-ring (bicyclic) bond motifs is 1. The predicted molar refractivity (Wildman–Crippen MR) is 125 cm³/mol. The number of nitrogens with zero attached hydrogens (tertiary/aromatic N) is 2. The molecule has 1 N–H and O–H groups in total. The lowest BCUT2D eigenvalue weighted by molar-refractivity contribution is -0.127. The zero-order valence-electron chi connectivity index (χ0n) is 18.1. The summed E-state index contributed by atoms with van der Waals surface area (Å²) in [5, 5.41) is 5.13. The molecule has 170 valence electrons. The van der Waals surface area contributed by atoms with E-state index in [-0.39, 0.29) is 31.1 Å². The van der Waals surface area contributed by atoms with E-state index in [0.717, 1.165) is 30.6 Å². The first kappa shape index (κ1) is 21.5. The summed E-state index contributed by atoms with van der Waals surface area (Å²) in [6.07, 6.45) is 7.62. The van der Waals surface area contributed by atoms with Crippen LogP contribution in [-0.4, -0.2) is 29.6 Å². The molecule has 2 aromatic heterocycles. The monoisotopic (exact) mass is 463 g/mol. The highest BCUT2D eigenvalue weighted by Crippen LogP contribution is 2.38. The van der Waals surface area contributed by atoms with Gasteiger partial charge in [0.1, 0.15) is 6.04 Å². The first-order valence-corrected chi connectivity index (χ1v) is 12.0. The van der Waals surface area contributed by atoms with Gasteiger partial charge in [-0.3, -0.25) is 19.5 Å². The van der Waals surface area contributed by atoms with E-state index < -0.39 is 6.04 Å². The number of hydrogen-bond donors (Lipinski definition) is 1. The molecule has 8 heteroatoms. The van der Waals surface area contributed by atoms with Crippen molar-refractivity contribution in [3.8, 4) is 11.5 Å². The van der Waals surface area contributed by atoms with E-state index in [4.69, 9.17) is 9.47 Å². The third-order valence-corrected chi connectivity index (χ3v) is 6.91. The minimum Gasteiger partial charge on any atom is -0.454 e. The van der Waals surface area contributed by atoms with Crippen LogP contribution in [0.4, 0.5) is 5.69 Å². The number of amides is 2. The van der Waals surface area contributed by atoms with Gasteiger partial charge in [-0.1, -0.05) is 18.9 Å². The van der Waals surface area contributed by atoms with Gasteiger partial charge in [-0.2, -0.15) is 0 Å². The zero-order valence-corrected chi connectivity index (χ0v) is 18.9. The highest BCUT2D eigenvalue weighted by Gasteiger charge is 2.35. The van der Waals surface area contributed by atoms with Gasteiger partial charge in [-0.05, 0) is 54.1 Å². The van der Waals surface area contributed by atoms with Crippen molar-refractivity contribution in [3.05, 3.63) is 70.7 Å². The second-order valence-electron chi connectivity index (χ2n) is 8.23. The Balaban J connectivity index is 1.55. The van der Waals surface area contributed by atoms with Gasteiger partial charge in [0, 0.05) is 35.1 Å². The summed E-state index contributed by atoms with van der Waals surface area (Å²) in [7, 11) is 0. The maximum absolute atomic E-state index is 13.7. The summed E-state index contributed by atoms with van der Waals surface area (Å²) in [5.41, 5.74) is 1.29. The lowest BCUT2D eigenvalue weighted by Crippen LogP contribution is -2.46. The molecule has 2 aliphatic rings. The summed E-state index contributed by atoms with van der Waals surface area (Å²) in [4.78, 5) is 34.0. The maximum Gasteiger partial charge on any atom is 0.248 e. The molecule has 1 unspecified atom stereocenters. The Morgan fingerprint density at radius 3 is 2.64 bits per heavy atom. The molecule has 1 aromatic carbocycles. The molecule has 3 aromatic rings. The number of rotatable bonds is 7. The van der Waals surface area contributed by atoms with Crippen molar-refractivity contribution in [2.75, 3.05) is 11.7 Å².